The first-order valence-corrected chi connectivity index (χ1v) is 5.32. The van der Waals surface area contributed by atoms with Crippen LogP contribution in [-0.2, 0) is 0 Å². The second-order valence-corrected chi connectivity index (χ2v) is 4.08. The van der Waals surface area contributed by atoms with E-state index in [1.54, 1.807) is 0 Å². The monoisotopic (exact) mass is 226 g/mol. The molecular weight excluding hydrogens is 216 g/mol. The van der Waals surface area contributed by atoms with Gasteiger partial charge in [0.2, 0.25) is 0 Å². The summed E-state index contributed by atoms with van der Waals surface area (Å²) in [6.07, 6.45) is 5.55. The Bertz CT molecular complexity index is 389. The fourth-order valence-corrected chi connectivity index (χ4v) is 2.20. The second kappa shape index (κ2) is 4.14. The summed E-state index contributed by atoms with van der Waals surface area (Å²) < 4.78 is 0. The molecule has 0 radical (unpaired) electrons. The van der Waals surface area contributed by atoms with Gasteiger partial charge < -0.3 is 5.11 Å². The van der Waals surface area contributed by atoms with Gasteiger partial charge in [-0.15, -0.1) is 0 Å². The fraction of sp³-hybridized carbons (Fsp3) is 0.500. The zero-order valence-corrected chi connectivity index (χ0v) is 8.87. The molecule has 15 heavy (non-hydrogen) atoms. The first kappa shape index (κ1) is 10.4. The number of nitrogens with zero attached hydrogens (tertiary/aromatic N) is 2. The lowest BCUT2D eigenvalue weighted by atomic mass is 10.0. The Balaban J connectivity index is 2.35. The highest BCUT2D eigenvalue weighted by atomic mass is 35.5. The van der Waals surface area contributed by atoms with Crippen LogP contribution in [0.1, 0.15) is 47.8 Å². The highest BCUT2D eigenvalue weighted by Gasteiger charge is 2.22. The number of halogens is 1. The van der Waals surface area contributed by atoms with Gasteiger partial charge >= 0.3 is 5.97 Å². The maximum absolute atomic E-state index is 10.7. The number of rotatable bonds is 2. The second-order valence-electron chi connectivity index (χ2n) is 3.72. The summed E-state index contributed by atoms with van der Waals surface area (Å²) >= 11 is 5.91. The minimum Gasteiger partial charge on any atom is -0.476 e. The van der Waals surface area contributed by atoms with Crippen molar-refractivity contribution >= 4 is 17.6 Å². The zero-order valence-electron chi connectivity index (χ0n) is 8.11. The van der Waals surface area contributed by atoms with Gasteiger partial charge in [0.05, 0.1) is 11.9 Å². The lowest BCUT2D eigenvalue weighted by molar-refractivity contribution is 0.0689. The van der Waals surface area contributed by atoms with Gasteiger partial charge in [0.1, 0.15) is 0 Å². The van der Waals surface area contributed by atoms with Gasteiger partial charge in [-0.1, -0.05) is 24.4 Å². The van der Waals surface area contributed by atoms with Crippen LogP contribution in [-0.4, -0.2) is 21.0 Å². The SMILES string of the molecule is O=C(O)c1cnc(Cl)c(C2CCCC2)n1. The largest absolute Gasteiger partial charge is 0.476 e. The van der Waals surface area contributed by atoms with Crippen LogP contribution < -0.4 is 0 Å². The Morgan fingerprint density at radius 2 is 2.13 bits per heavy atom. The van der Waals surface area contributed by atoms with Gasteiger partial charge in [-0.05, 0) is 12.8 Å². The molecule has 0 spiro atoms. The van der Waals surface area contributed by atoms with Crippen LogP contribution in [0.2, 0.25) is 5.15 Å². The van der Waals surface area contributed by atoms with Crippen molar-refractivity contribution in [2.75, 3.05) is 0 Å². The number of carboxylic acids is 1. The van der Waals surface area contributed by atoms with Crippen LogP contribution in [0.4, 0.5) is 0 Å². The van der Waals surface area contributed by atoms with E-state index < -0.39 is 5.97 Å². The molecule has 0 aliphatic heterocycles. The Labute approximate surface area is 92.3 Å². The minimum atomic E-state index is -1.06. The van der Waals surface area contributed by atoms with Gasteiger partial charge in [0.15, 0.2) is 10.8 Å². The molecule has 0 atom stereocenters. The topological polar surface area (TPSA) is 63.1 Å². The molecule has 1 aromatic heterocycles. The molecule has 0 bridgehead atoms. The molecule has 5 heteroatoms. The van der Waals surface area contributed by atoms with Gasteiger partial charge in [-0.2, -0.15) is 0 Å². The Morgan fingerprint density at radius 3 is 2.73 bits per heavy atom. The third-order valence-electron chi connectivity index (χ3n) is 2.71. The van der Waals surface area contributed by atoms with Crippen LogP contribution in [0.25, 0.3) is 0 Å². The molecule has 0 saturated heterocycles. The lowest BCUT2D eigenvalue weighted by Gasteiger charge is -2.09. The molecule has 1 aliphatic rings. The predicted molar refractivity (Wildman–Crippen MR) is 55.2 cm³/mol. The highest BCUT2D eigenvalue weighted by Crippen LogP contribution is 2.35. The van der Waals surface area contributed by atoms with E-state index >= 15 is 0 Å². The molecule has 1 aliphatic carbocycles. The third kappa shape index (κ3) is 2.09. The van der Waals surface area contributed by atoms with Crippen molar-refractivity contribution in [1.29, 1.82) is 0 Å². The molecule has 80 valence electrons. The van der Waals surface area contributed by atoms with Crippen LogP contribution in [0.5, 0.6) is 0 Å². The zero-order chi connectivity index (χ0) is 10.8. The first-order valence-electron chi connectivity index (χ1n) is 4.94. The maximum atomic E-state index is 10.7. The van der Waals surface area contributed by atoms with Crippen LogP contribution in [0.15, 0.2) is 6.20 Å². The summed E-state index contributed by atoms with van der Waals surface area (Å²) in [4.78, 5) is 18.7. The van der Waals surface area contributed by atoms with Crippen LogP contribution in [0.3, 0.4) is 0 Å². The summed E-state index contributed by atoms with van der Waals surface area (Å²) in [5.41, 5.74) is 0.621. The molecule has 1 fully saturated rings. The molecule has 0 unspecified atom stereocenters. The fourth-order valence-electron chi connectivity index (χ4n) is 1.95. The van der Waals surface area contributed by atoms with Gasteiger partial charge in [-0.25, -0.2) is 14.8 Å². The van der Waals surface area contributed by atoms with E-state index in [1.807, 2.05) is 0 Å². The Hall–Kier alpha value is -1.16. The number of hydrogen-bond acceptors (Lipinski definition) is 3. The van der Waals surface area contributed by atoms with Crippen LogP contribution >= 0.6 is 11.6 Å². The minimum absolute atomic E-state index is 0.0266. The van der Waals surface area contributed by atoms with E-state index in [0.717, 1.165) is 25.7 Å². The summed E-state index contributed by atoms with van der Waals surface area (Å²) in [6, 6.07) is 0. The van der Waals surface area contributed by atoms with Crippen LogP contribution in [0, 0.1) is 0 Å². The molecule has 2 rings (SSSR count). The van der Waals surface area contributed by atoms with Crippen molar-refractivity contribution < 1.29 is 9.90 Å². The van der Waals surface area contributed by atoms with E-state index in [0.29, 0.717) is 10.8 Å². The standard InChI is InChI=1S/C10H11ClN2O2/c11-9-8(6-3-1-2-4-6)13-7(5-12-9)10(14)15/h5-6H,1-4H2,(H,14,15). The van der Waals surface area contributed by atoms with Crippen molar-refractivity contribution in [2.24, 2.45) is 0 Å². The number of aromatic nitrogens is 2. The van der Waals surface area contributed by atoms with Crippen molar-refractivity contribution in [1.82, 2.24) is 9.97 Å². The smallest absolute Gasteiger partial charge is 0.356 e. The first-order chi connectivity index (χ1) is 7.18. The van der Waals surface area contributed by atoms with Gasteiger partial charge in [-0.3, -0.25) is 0 Å². The number of aromatic carboxylic acids is 1. The van der Waals surface area contributed by atoms with Crippen molar-refractivity contribution in [3.05, 3.63) is 22.7 Å². The van der Waals surface area contributed by atoms with Crippen molar-refractivity contribution in [2.45, 2.75) is 31.6 Å². The number of hydrogen-bond donors (Lipinski definition) is 1. The molecule has 1 heterocycles. The summed E-state index contributed by atoms with van der Waals surface area (Å²) in [5.74, 6) is -0.775. The lowest BCUT2D eigenvalue weighted by Crippen LogP contribution is -2.07. The average molecular weight is 227 g/mol. The highest BCUT2D eigenvalue weighted by molar-refractivity contribution is 6.30. The molecular formula is C10H11ClN2O2. The molecule has 0 amide bonds. The van der Waals surface area contributed by atoms with Crippen molar-refractivity contribution in [3.63, 3.8) is 0 Å². The van der Waals surface area contributed by atoms with E-state index in [-0.39, 0.29) is 11.6 Å². The Morgan fingerprint density at radius 1 is 1.47 bits per heavy atom. The Kier molecular flexibility index (Phi) is 2.86. The normalized spacial score (nSPS) is 16.9. The summed E-state index contributed by atoms with van der Waals surface area (Å²) in [7, 11) is 0. The summed E-state index contributed by atoms with van der Waals surface area (Å²) in [5, 5.41) is 9.14. The molecule has 4 nitrogen and oxygen atoms in total. The van der Waals surface area contributed by atoms with E-state index in [2.05, 4.69) is 9.97 Å². The van der Waals surface area contributed by atoms with Gasteiger partial charge in [0, 0.05) is 5.92 Å². The van der Waals surface area contributed by atoms with E-state index in [1.165, 1.54) is 6.20 Å². The molecule has 0 aromatic carbocycles. The summed E-state index contributed by atoms with van der Waals surface area (Å²) in [6.45, 7) is 0. The maximum Gasteiger partial charge on any atom is 0.356 e. The number of carbonyl (C=O) groups is 1. The van der Waals surface area contributed by atoms with E-state index in [4.69, 9.17) is 16.7 Å². The molecule has 1 N–H and O–H groups in total. The number of carboxylic acid groups (broad SMARTS) is 1. The molecule has 1 aromatic rings. The van der Waals surface area contributed by atoms with E-state index in [9.17, 15) is 4.79 Å². The van der Waals surface area contributed by atoms with Crippen molar-refractivity contribution in [3.8, 4) is 0 Å². The van der Waals surface area contributed by atoms with Gasteiger partial charge in [0.25, 0.3) is 0 Å². The molecule has 1 saturated carbocycles. The predicted octanol–water partition coefficient (Wildman–Crippen LogP) is 2.49. The average Bonchev–Trinajstić information content (AvgIpc) is 2.71. The quantitative estimate of drug-likeness (QED) is 0.842. The third-order valence-corrected chi connectivity index (χ3v) is 3.00.